The van der Waals surface area contributed by atoms with Crippen LogP contribution in [0.5, 0.6) is 0 Å². The first-order chi connectivity index (χ1) is 17.8. The molecule has 0 saturated carbocycles. The maximum absolute atomic E-state index is 13.9. The maximum atomic E-state index is 13.9. The van der Waals surface area contributed by atoms with Crippen LogP contribution in [0.1, 0.15) is 39.1 Å². The molecule has 1 spiro atoms. The van der Waals surface area contributed by atoms with Crippen LogP contribution in [0.2, 0.25) is 10.0 Å². The summed E-state index contributed by atoms with van der Waals surface area (Å²) in [5.41, 5.74) is 0.949. The highest BCUT2D eigenvalue weighted by Gasteiger charge is 2.55. The zero-order chi connectivity index (χ0) is 26.2. The molecule has 2 aromatic carbocycles. The van der Waals surface area contributed by atoms with Crippen molar-refractivity contribution >= 4 is 40.9 Å². The zero-order valence-corrected chi connectivity index (χ0v) is 22.1. The van der Waals surface area contributed by atoms with Crippen molar-refractivity contribution in [2.75, 3.05) is 46.0 Å². The molecule has 3 saturated heterocycles. The highest BCUT2D eigenvalue weighted by molar-refractivity contribution is 6.42. The third-order valence-electron chi connectivity index (χ3n) is 7.35. The van der Waals surface area contributed by atoms with Crippen LogP contribution in [0.3, 0.4) is 0 Å². The number of carbonyl (C=O) groups excluding carboxylic acids is 3. The van der Waals surface area contributed by atoms with E-state index in [1.165, 1.54) is 0 Å². The maximum Gasteiger partial charge on any atom is 0.256 e. The minimum atomic E-state index is -0.970. The van der Waals surface area contributed by atoms with Gasteiger partial charge in [0, 0.05) is 50.1 Å². The smallest absolute Gasteiger partial charge is 0.256 e. The summed E-state index contributed by atoms with van der Waals surface area (Å²) in [6.45, 7) is 4.71. The highest BCUT2D eigenvalue weighted by Crippen LogP contribution is 2.39. The number of carbonyl (C=O) groups is 3. The van der Waals surface area contributed by atoms with E-state index in [1.54, 1.807) is 39.0 Å². The largest absolute Gasteiger partial charge is 0.378 e. The van der Waals surface area contributed by atoms with Crippen molar-refractivity contribution in [3.63, 3.8) is 0 Å². The van der Waals surface area contributed by atoms with Gasteiger partial charge in [-0.15, -0.1) is 0 Å². The third-order valence-corrected chi connectivity index (χ3v) is 8.09. The quantitative estimate of drug-likeness (QED) is 0.588. The second-order valence-electron chi connectivity index (χ2n) is 9.68. The number of hydrogen-bond acceptors (Lipinski definition) is 5. The molecule has 5 rings (SSSR count). The Morgan fingerprint density at radius 2 is 1.57 bits per heavy atom. The molecule has 37 heavy (non-hydrogen) atoms. The van der Waals surface area contributed by atoms with Crippen molar-refractivity contribution in [2.45, 2.75) is 31.5 Å². The average Bonchev–Trinajstić information content (AvgIpc) is 3.28. The first-order valence-electron chi connectivity index (χ1n) is 12.4. The Kier molecular flexibility index (Phi) is 7.45. The molecule has 1 unspecified atom stereocenters. The molecule has 0 bridgehead atoms. The lowest BCUT2D eigenvalue weighted by Gasteiger charge is -2.45. The number of amides is 3. The lowest BCUT2D eigenvalue weighted by atomic mass is 9.95. The molecule has 3 aliphatic rings. The Labute approximate surface area is 226 Å². The number of piperidine rings is 1. The van der Waals surface area contributed by atoms with Gasteiger partial charge in [-0.25, -0.2) is 0 Å². The van der Waals surface area contributed by atoms with Gasteiger partial charge in [0.25, 0.3) is 11.8 Å². The highest BCUT2D eigenvalue weighted by atomic mass is 35.5. The van der Waals surface area contributed by atoms with E-state index >= 15 is 0 Å². The lowest BCUT2D eigenvalue weighted by molar-refractivity contribution is -0.141. The van der Waals surface area contributed by atoms with Crippen LogP contribution < -0.4 is 0 Å². The summed E-state index contributed by atoms with van der Waals surface area (Å²) in [6.07, 6.45) is 0.787. The van der Waals surface area contributed by atoms with Gasteiger partial charge in [-0.2, -0.15) is 0 Å². The summed E-state index contributed by atoms with van der Waals surface area (Å²) >= 11 is 12.1. The summed E-state index contributed by atoms with van der Waals surface area (Å²) in [6, 6.07) is 11.4. The molecular formula is C27H29Cl2N3O5. The number of morpholine rings is 1. The van der Waals surface area contributed by atoms with Gasteiger partial charge in [-0.1, -0.05) is 40.9 Å². The molecule has 3 heterocycles. The molecule has 0 radical (unpaired) electrons. The Morgan fingerprint density at radius 1 is 0.865 bits per heavy atom. The van der Waals surface area contributed by atoms with Gasteiger partial charge in [-0.05, 0) is 37.3 Å². The van der Waals surface area contributed by atoms with Gasteiger partial charge in [0.2, 0.25) is 5.91 Å². The molecule has 3 amide bonds. The molecule has 0 aliphatic carbocycles. The minimum Gasteiger partial charge on any atom is -0.378 e. The SMILES string of the molecule is Cc1cccc(C(=O)N2C(C(=O)N3CCOCC3)COC23CCN(C(=O)c2ccc(Cl)c(Cl)c2)CC3)c1. The predicted octanol–water partition coefficient (Wildman–Crippen LogP) is 3.63. The molecule has 196 valence electrons. The van der Waals surface area contributed by atoms with E-state index in [-0.39, 0.29) is 24.3 Å². The van der Waals surface area contributed by atoms with Gasteiger partial charge in [0.05, 0.1) is 29.9 Å². The fourth-order valence-electron chi connectivity index (χ4n) is 5.34. The van der Waals surface area contributed by atoms with E-state index in [2.05, 4.69) is 0 Å². The molecule has 3 aliphatic heterocycles. The summed E-state index contributed by atoms with van der Waals surface area (Å²) < 4.78 is 11.7. The second-order valence-corrected chi connectivity index (χ2v) is 10.5. The summed E-state index contributed by atoms with van der Waals surface area (Å²) in [5, 5.41) is 0.705. The normalized spacial score (nSPS) is 21.4. The van der Waals surface area contributed by atoms with Crippen LogP contribution in [0.15, 0.2) is 42.5 Å². The van der Waals surface area contributed by atoms with Gasteiger partial charge in [0.1, 0.15) is 11.8 Å². The standard InChI is InChI=1S/C27H29Cl2N3O5/c1-18-3-2-4-19(15-18)25(34)32-23(26(35)31-11-13-36-14-12-31)17-37-27(32)7-9-30(10-8-27)24(33)20-5-6-21(28)22(29)16-20/h2-6,15-16,23H,7-14,17H2,1H3. The van der Waals surface area contributed by atoms with Crippen molar-refractivity contribution in [3.05, 3.63) is 69.2 Å². The molecule has 0 N–H and O–H groups in total. The molecule has 0 aromatic heterocycles. The monoisotopic (exact) mass is 545 g/mol. The number of rotatable bonds is 3. The Bertz CT molecular complexity index is 1210. The Hall–Kier alpha value is -2.65. The van der Waals surface area contributed by atoms with Crippen LogP contribution in [0.25, 0.3) is 0 Å². The topological polar surface area (TPSA) is 79.4 Å². The van der Waals surface area contributed by atoms with Crippen LogP contribution in [-0.2, 0) is 14.3 Å². The molecule has 3 fully saturated rings. The number of aryl methyl sites for hydroxylation is 1. The predicted molar refractivity (Wildman–Crippen MR) is 139 cm³/mol. The first-order valence-corrected chi connectivity index (χ1v) is 13.2. The van der Waals surface area contributed by atoms with Gasteiger partial charge < -0.3 is 19.3 Å². The summed E-state index contributed by atoms with van der Waals surface area (Å²) in [4.78, 5) is 45.7. The Balaban J connectivity index is 1.39. The van der Waals surface area contributed by atoms with E-state index in [0.29, 0.717) is 73.4 Å². The van der Waals surface area contributed by atoms with Crippen molar-refractivity contribution < 1.29 is 23.9 Å². The van der Waals surface area contributed by atoms with Gasteiger partial charge in [-0.3, -0.25) is 19.3 Å². The van der Waals surface area contributed by atoms with E-state index in [4.69, 9.17) is 32.7 Å². The molecule has 10 heteroatoms. The van der Waals surface area contributed by atoms with Gasteiger partial charge in [0.15, 0.2) is 0 Å². The molecule has 2 aromatic rings. The number of benzene rings is 2. The van der Waals surface area contributed by atoms with E-state index in [9.17, 15) is 14.4 Å². The van der Waals surface area contributed by atoms with Crippen LogP contribution in [0.4, 0.5) is 0 Å². The summed E-state index contributed by atoms with van der Waals surface area (Å²) in [5.74, 6) is -0.531. The van der Waals surface area contributed by atoms with E-state index in [0.717, 1.165) is 5.56 Å². The van der Waals surface area contributed by atoms with Crippen LogP contribution in [0, 0.1) is 6.92 Å². The molecular weight excluding hydrogens is 517 g/mol. The number of ether oxygens (including phenoxy) is 2. The zero-order valence-electron chi connectivity index (χ0n) is 20.6. The average molecular weight is 546 g/mol. The summed E-state index contributed by atoms with van der Waals surface area (Å²) in [7, 11) is 0. The number of nitrogens with zero attached hydrogens (tertiary/aromatic N) is 3. The lowest BCUT2D eigenvalue weighted by Crippen LogP contribution is -2.60. The second kappa shape index (κ2) is 10.6. The molecule has 8 nitrogen and oxygen atoms in total. The fraction of sp³-hybridized carbons (Fsp3) is 0.444. The van der Waals surface area contributed by atoms with Crippen molar-refractivity contribution in [1.29, 1.82) is 0 Å². The number of hydrogen-bond donors (Lipinski definition) is 0. The van der Waals surface area contributed by atoms with Crippen molar-refractivity contribution in [3.8, 4) is 0 Å². The van der Waals surface area contributed by atoms with E-state index in [1.807, 2.05) is 25.1 Å². The Morgan fingerprint density at radius 3 is 2.24 bits per heavy atom. The van der Waals surface area contributed by atoms with Gasteiger partial charge >= 0.3 is 0 Å². The van der Waals surface area contributed by atoms with Crippen LogP contribution >= 0.6 is 23.2 Å². The van der Waals surface area contributed by atoms with Crippen molar-refractivity contribution in [1.82, 2.24) is 14.7 Å². The minimum absolute atomic E-state index is 0.120. The number of halogens is 2. The fourth-order valence-corrected chi connectivity index (χ4v) is 5.64. The first kappa shape index (κ1) is 26.0. The van der Waals surface area contributed by atoms with Crippen molar-refractivity contribution in [2.24, 2.45) is 0 Å². The number of likely N-dealkylation sites (tertiary alicyclic amines) is 1. The third kappa shape index (κ3) is 5.08. The van der Waals surface area contributed by atoms with Crippen LogP contribution in [-0.4, -0.2) is 90.2 Å². The molecule has 1 atom stereocenters. The van der Waals surface area contributed by atoms with E-state index < -0.39 is 11.8 Å².